The predicted molar refractivity (Wildman–Crippen MR) is 88.8 cm³/mol. The lowest BCUT2D eigenvalue weighted by Gasteiger charge is -2.20. The van der Waals surface area contributed by atoms with Crippen molar-refractivity contribution in [2.24, 2.45) is 0 Å². The van der Waals surface area contributed by atoms with Crippen molar-refractivity contribution in [3.8, 4) is 10.4 Å². The number of rotatable bonds is 3. The van der Waals surface area contributed by atoms with Crippen molar-refractivity contribution in [3.05, 3.63) is 29.4 Å². The van der Waals surface area contributed by atoms with Gasteiger partial charge in [0.05, 0.1) is 18.0 Å². The summed E-state index contributed by atoms with van der Waals surface area (Å²) in [7, 11) is -3.20. The molecule has 0 aliphatic carbocycles. The lowest BCUT2D eigenvalue weighted by atomic mass is 10.2. The Kier molecular flexibility index (Phi) is 4.51. The van der Waals surface area contributed by atoms with E-state index in [4.69, 9.17) is 0 Å². The summed E-state index contributed by atoms with van der Waals surface area (Å²) in [5.41, 5.74) is 1.59. The standard InChI is InChI=1S/C14H18N4O3S2/c1-23(20,21)18-4-2-3-17(5-6-18)14(19)11-7-13(22-10-11)12-8-15-16-9-12/h7-10H,2-6H2,1H3,(H,15,16). The van der Waals surface area contributed by atoms with Gasteiger partial charge >= 0.3 is 0 Å². The van der Waals surface area contributed by atoms with E-state index in [2.05, 4.69) is 10.2 Å². The number of aromatic amines is 1. The van der Waals surface area contributed by atoms with E-state index in [1.807, 2.05) is 11.4 Å². The zero-order valence-corrected chi connectivity index (χ0v) is 14.4. The molecule has 23 heavy (non-hydrogen) atoms. The van der Waals surface area contributed by atoms with Gasteiger partial charge < -0.3 is 4.90 Å². The predicted octanol–water partition coefficient (Wildman–Crippen LogP) is 1.25. The van der Waals surface area contributed by atoms with Crippen LogP contribution in [0.5, 0.6) is 0 Å². The number of aromatic nitrogens is 2. The molecule has 1 aliphatic rings. The van der Waals surface area contributed by atoms with Gasteiger partial charge in [-0.2, -0.15) is 5.10 Å². The highest BCUT2D eigenvalue weighted by molar-refractivity contribution is 7.88. The third-order valence-corrected chi connectivity index (χ3v) is 6.12. The minimum absolute atomic E-state index is 0.0497. The average molecular weight is 354 g/mol. The van der Waals surface area contributed by atoms with Crippen molar-refractivity contribution < 1.29 is 13.2 Å². The van der Waals surface area contributed by atoms with Gasteiger partial charge in [-0.15, -0.1) is 11.3 Å². The van der Waals surface area contributed by atoms with Crippen LogP contribution in [0, 0.1) is 0 Å². The van der Waals surface area contributed by atoms with Crippen LogP contribution in [0.25, 0.3) is 10.4 Å². The van der Waals surface area contributed by atoms with E-state index in [1.165, 1.54) is 21.9 Å². The maximum absolute atomic E-state index is 12.6. The zero-order chi connectivity index (χ0) is 16.4. The zero-order valence-electron chi connectivity index (χ0n) is 12.7. The Morgan fingerprint density at radius 1 is 1.30 bits per heavy atom. The number of hydrogen-bond donors (Lipinski definition) is 1. The van der Waals surface area contributed by atoms with Crippen LogP contribution >= 0.6 is 11.3 Å². The number of carbonyl (C=O) groups excluding carboxylic acids is 1. The molecule has 0 saturated carbocycles. The molecule has 1 amide bonds. The summed E-state index contributed by atoms with van der Waals surface area (Å²) in [6.07, 6.45) is 5.37. The van der Waals surface area contributed by atoms with Gasteiger partial charge in [0.2, 0.25) is 10.0 Å². The monoisotopic (exact) mass is 354 g/mol. The number of carbonyl (C=O) groups is 1. The smallest absolute Gasteiger partial charge is 0.254 e. The van der Waals surface area contributed by atoms with E-state index < -0.39 is 10.0 Å². The second-order valence-electron chi connectivity index (χ2n) is 5.49. The van der Waals surface area contributed by atoms with Gasteiger partial charge in [0.1, 0.15) is 0 Å². The van der Waals surface area contributed by atoms with Gasteiger partial charge in [-0.05, 0) is 12.5 Å². The maximum Gasteiger partial charge on any atom is 0.254 e. The molecule has 2 aromatic rings. The quantitative estimate of drug-likeness (QED) is 0.899. The Morgan fingerprint density at radius 3 is 2.83 bits per heavy atom. The maximum atomic E-state index is 12.6. The van der Waals surface area contributed by atoms with Gasteiger partial charge in [-0.3, -0.25) is 9.89 Å². The van der Waals surface area contributed by atoms with E-state index in [9.17, 15) is 13.2 Å². The van der Waals surface area contributed by atoms with E-state index in [0.717, 1.165) is 10.4 Å². The third kappa shape index (κ3) is 3.62. The molecule has 1 saturated heterocycles. The molecule has 1 N–H and O–H groups in total. The number of nitrogens with zero attached hydrogens (tertiary/aromatic N) is 3. The molecule has 0 atom stereocenters. The van der Waals surface area contributed by atoms with Crippen LogP contribution in [0.1, 0.15) is 16.8 Å². The van der Waals surface area contributed by atoms with Gasteiger partial charge in [0.25, 0.3) is 5.91 Å². The Morgan fingerprint density at radius 2 is 2.13 bits per heavy atom. The normalized spacial score (nSPS) is 17.2. The molecule has 0 bridgehead atoms. The Labute approximate surface area is 139 Å². The average Bonchev–Trinajstić information content (AvgIpc) is 3.11. The second-order valence-corrected chi connectivity index (χ2v) is 8.39. The van der Waals surface area contributed by atoms with E-state index in [0.29, 0.717) is 38.2 Å². The highest BCUT2D eigenvalue weighted by Crippen LogP contribution is 2.27. The molecule has 1 fully saturated rings. The third-order valence-electron chi connectivity index (χ3n) is 3.84. The van der Waals surface area contributed by atoms with Crippen molar-refractivity contribution in [1.82, 2.24) is 19.4 Å². The number of thiophene rings is 1. The minimum atomic E-state index is -3.20. The Hall–Kier alpha value is -1.71. The lowest BCUT2D eigenvalue weighted by Crippen LogP contribution is -2.36. The summed E-state index contributed by atoms with van der Waals surface area (Å²) >= 11 is 1.50. The molecular formula is C14H18N4O3S2. The number of amides is 1. The summed E-state index contributed by atoms with van der Waals surface area (Å²) < 4.78 is 24.7. The molecule has 0 spiro atoms. The number of sulfonamides is 1. The molecule has 0 unspecified atom stereocenters. The summed E-state index contributed by atoms with van der Waals surface area (Å²) in [6, 6.07) is 1.86. The molecule has 0 radical (unpaired) electrons. The summed E-state index contributed by atoms with van der Waals surface area (Å²) in [4.78, 5) is 15.3. The molecule has 3 heterocycles. The van der Waals surface area contributed by atoms with Crippen LogP contribution in [0.15, 0.2) is 23.8 Å². The first-order valence-electron chi connectivity index (χ1n) is 7.27. The van der Waals surface area contributed by atoms with E-state index in [1.54, 1.807) is 17.3 Å². The van der Waals surface area contributed by atoms with Crippen LogP contribution in [0.3, 0.4) is 0 Å². The summed E-state index contributed by atoms with van der Waals surface area (Å²) in [6.45, 7) is 1.81. The molecule has 2 aromatic heterocycles. The van der Waals surface area contributed by atoms with Gasteiger partial charge in [0, 0.05) is 48.2 Å². The van der Waals surface area contributed by atoms with Crippen molar-refractivity contribution in [3.63, 3.8) is 0 Å². The lowest BCUT2D eigenvalue weighted by molar-refractivity contribution is 0.0765. The number of nitrogens with one attached hydrogen (secondary N) is 1. The van der Waals surface area contributed by atoms with Gasteiger partial charge in [-0.25, -0.2) is 12.7 Å². The van der Waals surface area contributed by atoms with Crippen LogP contribution in [0.2, 0.25) is 0 Å². The van der Waals surface area contributed by atoms with E-state index >= 15 is 0 Å². The fourth-order valence-corrected chi connectivity index (χ4v) is 4.34. The van der Waals surface area contributed by atoms with Crippen molar-refractivity contribution >= 4 is 27.3 Å². The molecule has 1 aliphatic heterocycles. The molecule has 3 rings (SSSR count). The first kappa shape index (κ1) is 16.2. The second kappa shape index (κ2) is 6.42. The fourth-order valence-electron chi connectivity index (χ4n) is 2.60. The molecule has 7 nitrogen and oxygen atoms in total. The van der Waals surface area contributed by atoms with Crippen molar-refractivity contribution in [2.75, 3.05) is 32.4 Å². The highest BCUT2D eigenvalue weighted by atomic mass is 32.2. The number of hydrogen-bond acceptors (Lipinski definition) is 5. The van der Waals surface area contributed by atoms with Gasteiger partial charge in [-0.1, -0.05) is 0 Å². The van der Waals surface area contributed by atoms with Crippen LogP contribution in [-0.2, 0) is 10.0 Å². The largest absolute Gasteiger partial charge is 0.337 e. The molecule has 9 heteroatoms. The van der Waals surface area contributed by atoms with Crippen molar-refractivity contribution in [1.29, 1.82) is 0 Å². The van der Waals surface area contributed by atoms with Gasteiger partial charge in [0.15, 0.2) is 0 Å². The fraction of sp³-hybridized carbons (Fsp3) is 0.429. The molecule has 124 valence electrons. The van der Waals surface area contributed by atoms with Crippen LogP contribution in [0.4, 0.5) is 0 Å². The van der Waals surface area contributed by atoms with Crippen LogP contribution in [-0.4, -0.2) is 66.2 Å². The Bertz CT molecular complexity index is 783. The van der Waals surface area contributed by atoms with E-state index in [-0.39, 0.29) is 5.91 Å². The minimum Gasteiger partial charge on any atom is -0.337 e. The SMILES string of the molecule is CS(=O)(=O)N1CCCN(C(=O)c2csc(-c3cn[nH]c3)c2)CC1. The first-order valence-corrected chi connectivity index (χ1v) is 10.00. The van der Waals surface area contributed by atoms with Crippen molar-refractivity contribution in [2.45, 2.75) is 6.42 Å². The first-order chi connectivity index (χ1) is 10.9. The number of H-pyrrole nitrogens is 1. The highest BCUT2D eigenvalue weighted by Gasteiger charge is 2.25. The molecule has 0 aromatic carbocycles. The summed E-state index contributed by atoms with van der Waals surface area (Å²) in [5.74, 6) is -0.0497. The van der Waals surface area contributed by atoms with Crippen LogP contribution < -0.4 is 0 Å². The topological polar surface area (TPSA) is 86.4 Å². The summed E-state index contributed by atoms with van der Waals surface area (Å²) in [5, 5.41) is 8.50. The Balaban J connectivity index is 1.71. The molecular weight excluding hydrogens is 336 g/mol.